The molecule has 0 aromatic heterocycles. The molecule has 0 spiro atoms. The van der Waals surface area contributed by atoms with Gasteiger partial charge in [0.15, 0.2) is 0 Å². The zero-order valence-electron chi connectivity index (χ0n) is 16.2. The van der Waals surface area contributed by atoms with Crippen LogP contribution in [0.25, 0.3) is 0 Å². The van der Waals surface area contributed by atoms with Gasteiger partial charge in [0.25, 0.3) is 0 Å². The summed E-state index contributed by atoms with van der Waals surface area (Å²) in [6.07, 6.45) is 2.90. The molecule has 2 aromatic carbocycles. The van der Waals surface area contributed by atoms with E-state index in [-0.39, 0.29) is 29.5 Å². The topological polar surface area (TPSA) is 58.2 Å². The van der Waals surface area contributed by atoms with Crippen molar-refractivity contribution in [2.24, 2.45) is 11.8 Å². The molecule has 0 radical (unpaired) electrons. The van der Waals surface area contributed by atoms with Crippen molar-refractivity contribution in [3.05, 3.63) is 71.0 Å². The highest BCUT2D eigenvalue weighted by molar-refractivity contribution is 5.81. The highest BCUT2D eigenvalue weighted by atomic mass is 19.1. The first-order chi connectivity index (χ1) is 13.5. The van der Waals surface area contributed by atoms with Gasteiger partial charge < -0.3 is 10.6 Å². The SMILES string of the molecule is Cc1cccc(CNC(=O)C2CCC(C(=O)NCc3ccc(F)cc3)CC2)c1. The van der Waals surface area contributed by atoms with Crippen molar-refractivity contribution in [2.45, 2.75) is 45.7 Å². The maximum atomic E-state index is 12.9. The summed E-state index contributed by atoms with van der Waals surface area (Å²) in [6.45, 7) is 2.97. The molecule has 2 amide bonds. The van der Waals surface area contributed by atoms with Gasteiger partial charge in [-0.25, -0.2) is 4.39 Å². The van der Waals surface area contributed by atoms with Crippen LogP contribution in [0.15, 0.2) is 48.5 Å². The van der Waals surface area contributed by atoms with E-state index in [9.17, 15) is 14.0 Å². The fourth-order valence-corrected chi connectivity index (χ4v) is 3.71. The van der Waals surface area contributed by atoms with Gasteiger partial charge in [0, 0.05) is 24.9 Å². The summed E-state index contributed by atoms with van der Waals surface area (Å²) in [5, 5.41) is 5.94. The third kappa shape index (κ3) is 5.65. The minimum Gasteiger partial charge on any atom is -0.352 e. The van der Waals surface area contributed by atoms with Crippen LogP contribution in [0.5, 0.6) is 0 Å². The molecule has 1 saturated carbocycles. The van der Waals surface area contributed by atoms with E-state index in [0.717, 1.165) is 36.8 Å². The second-order valence-electron chi connectivity index (χ2n) is 7.60. The van der Waals surface area contributed by atoms with Gasteiger partial charge in [0.05, 0.1) is 0 Å². The number of aryl methyl sites for hydroxylation is 1. The highest BCUT2D eigenvalue weighted by Crippen LogP contribution is 2.29. The molecule has 0 atom stereocenters. The molecule has 3 rings (SSSR count). The molecule has 4 nitrogen and oxygen atoms in total. The normalized spacial score (nSPS) is 19.1. The van der Waals surface area contributed by atoms with E-state index in [1.807, 2.05) is 25.1 Å². The second-order valence-corrected chi connectivity index (χ2v) is 7.60. The van der Waals surface area contributed by atoms with Gasteiger partial charge in [-0.05, 0) is 55.9 Å². The van der Waals surface area contributed by atoms with Crippen molar-refractivity contribution in [1.82, 2.24) is 10.6 Å². The molecule has 1 aliphatic rings. The summed E-state index contributed by atoms with van der Waals surface area (Å²) in [6, 6.07) is 14.2. The molecule has 5 heteroatoms. The number of carbonyl (C=O) groups excluding carboxylic acids is 2. The van der Waals surface area contributed by atoms with Crippen molar-refractivity contribution in [3.63, 3.8) is 0 Å². The zero-order valence-corrected chi connectivity index (χ0v) is 16.2. The number of carbonyl (C=O) groups is 2. The van der Waals surface area contributed by atoms with Crippen molar-refractivity contribution in [1.29, 1.82) is 0 Å². The lowest BCUT2D eigenvalue weighted by atomic mass is 9.81. The first-order valence-corrected chi connectivity index (χ1v) is 9.86. The number of rotatable bonds is 6. The standard InChI is InChI=1S/C23H27FN2O2/c1-16-3-2-4-18(13-16)15-26-23(28)20-9-7-19(8-10-20)22(27)25-14-17-5-11-21(24)12-6-17/h2-6,11-13,19-20H,7-10,14-15H2,1H3,(H,25,27)(H,26,28). The third-order valence-corrected chi connectivity index (χ3v) is 5.40. The van der Waals surface area contributed by atoms with Gasteiger partial charge in [-0.2, -0.15) is 0 Å². The van der Waals surface area contributed by atoms with Gasteiger partial charge in [-0.1, -0.05) is 42.0 Å². The van der Waals surface area contributed by atoms with Crippen molar-refractivity contribution >= 4 is 11.8 Å². The molecule has 0 heterocycles. The van der Waals surface area contributed by atoms with E-state index in [1.54, 1.807) is 12.1 Å². The Kier molecular flexibility index (Phi) is 6.80. The summed E-state index contributed by atoms with van der Waals surface area (Å²) >= 11 is 0. The fraction of sp³-hybridized carbons (Fsp3) is 0.391. The first-order valence-electron chi connectivity index (χ1n) is 9.86. The van der Waals surface area contributed by atoms with Crippen LogP contribution in [0.1, 0.15) is 42.4 Å². The molecule has 0 unspecified atom stereocenters. The summed E-state index contributed by atoms with van der Waals surface area (Å²) < 4.78 is 12.9. The molecule has 28 heavy (non-hydrogen) atoms. The van der Waals surface area contributed by atoms with Gasteiger partial charge >= 0.3 is 0 Å². The molecule has 0 bridgehead atoms. The molecule has 148 valence electrons. The van der Waals surface area contributed by atoms with Gasteiger partial charge in [-0.3, -0.25) is 9.59 Å². The van der Waals surface area contributed by atoms with E-state index >= 15 is 0 Å². The number of benzene rings is 2. The van der Waals surface area contributed by atoms with E-state index in [1.165, 1.54) is 17.7 Å². The largest absolute Gasteiger partial charge is 0.352 e. The molecule has 1 fully saturated rings. The lowest BCUT2D eigenvalue weighted by molar-refractivity contribution is -0.130. The zero-order chi connectivity index (χ0) is 19.9. The van der Waals surface area contributed by atoms with Crippen molar-refractivity contribution in [3.8, 4) is 0 Å². The highest BCUT2D eigenvalue weighted by Gasteiger charge is 2.29. The maximum absolute atomic E-state index is 12.9. The van der Waals surface area contributed by atoms with E-state index in [0.29, 0.717) is 13.1 Å². The Balaban J connectivity index is 1.40. The average Bonchev–Trinajstić information content (AvgIpc) is 2.71. The van der Waals surface area contributed by atoms with Crippen LogP contribution in [0.2, 0.25) is 0 Å². The Morgan fingerprint density at radius 3 is 1.93 bits per heavy atom. The molecular formula is C23H27FN2O2. The Morgan fingerprint density at radius 2 is 1.39 bits per heavy atom. The van der Waals surface area contributed by atoms with E-state index in [2.05, 4.69) is 16.7 Å². The lowest BCUT2D eigenvalue weighted by Crippen LogP contribution is -2.37. The minimum atomic E-state index is -0.283. The van der Waals surface area contributed by atoms with Gasteiger partial charge in [0.2, 0.25) is 11.8 Å². The molecule has 0 aliphatic heterocycles. The van der Waals surface area contributed by atoms with Crippen LogP contribution >= 0.6 is 0 Å². The third-order valence-electron chi connectivity index (χ3n) is 5.40. The Bertz CT molecular complexity index is 812. The predicted molar refractivity (Wildman–Crippen MR) is 107 cm³/mol. The average molecular weight is 382 g/mol. The number of nitrogens with one attached hydrogen (secondary N) is 2. The summed E-state index contributed by atoms with van der Waals surface area (Å²) in [5.41, 5.74) is 3.15. The minimum absolute atomic E-state index is 0.0166. The Hall–Kier alpha value is -2.69. The molecule has 2 aromatic rings. The molecular weight excluding hydrogens is 355 g/mol. The molecule has 1 aliphatic carbocycles. The quantitative estimate of drug-likeness (QED) is 0.797. The lowest BCUT2D eigenvalue weighted by Gasteiger charge is -2.27. The Labute approximate surface area is 165 Å². The van der Waals surface area contributed by atoms with Gasteiger partial charge in [0.1, 0.15) is 5.82 Å². The fourth-order valence-electron chi connectivity index (χ4n) is 3.71. The first kappa shape index (κ1) is 20.1. The van der Waals surface area contributed by atoms with Crippen molar-refractivity contribution < 1.29 is 14.0 Å². The maximum Gasteiger partial charge on any atom is 0.223 e. The number of halogens is 1. The molecule has 2 N–H and O–H groups in total. The van der Waals surface area contributed by atoms with Gasteiger partial charge in [-0.15, -0.1) is 0 Å². The second kappa shape index (κ2) is 9.49. The van der Waals surface area contributed by atoms with Crippen LogP contribution in [0.4, 0.5) is 4.39 Å². The van der Waals surface area contributed by atoms with Crippen molar-refractivity contribution in [2.75, 3.05) is 0 Å². The van der Waals surface area contributed by atoms with Crippen LogP contribution in [-0.2, 0) is 22.7 Å². The summed E-state index contributed by atoms with van der Waals surface area (Å²) in [7, 11) is 0. The van der Waals surface area contributed by atoms with Crippen LogP contribution in [0.3, 0.4) is 0 Å². The smallest absolute Gasteiger partial charge is 0.223 e. The van der Waals surface area contributed by atoms with Crippen LogP contribution < -0.4 is 10.6 Å². The molecule has 0 saturated heterocycles. The van der Waals surface area contributed by atoms with E-state index in [4.69, 9.17) is 0 Å². The number of hydrogen-bond acceptors (Lipinski definition) is 2. The van der Waals surface area contributed by atoms with Crippen LogP contribution in [0, 0.1) is 24.6 Å². The number of hydrogen-bond donors (Lipinski definition) is 2. The monoisotopic (exact) mass is 382 g/mol. The van der Waals surface area contributed by atoms with Crippen LogP contribution in [-0.4, -0.2) is 11.8 Å². The Morgan fingerprint density at radius 1 is 0.857 bits per heavy atom. The predicted octanol–water partition coefficient (Wildman–Crippen LogP) is 3.87. The summed E-state index contributed by atoms with van der Waals surface area (Å²) in [5.74, 6) is -0.268. The van der Waals surface area contributed by atoms with E-state index < -0.39 is 0 Å². The summed E-state index contributed by atoms with van der Waals surface area (Å²) in [4.78, 5) is 24.8. The number of amides is 2.